The van der Waals surface area contributed by atoms with Crippen LogP contribution in [0.2, 0.25) is 0 Å². The summed E-state index contributed by atoms with van der Waals surface area (Å²) in [5, 5.41) is 22.1. The second-order valence-electron chi connectivity index (χ2n) is 11.6. The summed E-state index contributed by atoms with van der Waals surface area (Å²) >= 11 is 1.58. The second kappa shape index (κ2) is 11.1. The Bertz CT molecular complexity index is 1720. The van der Waals surface area contributed by atoms with Crippen LogP contribution < -0.4 is 10.6 Å². The lowest BCUT2D eigenvalue weighted by atomic mass is 9.68. The number of Topliss-reactive ketones (excluding diaryl/α,β-unsaturated/α-hetero) is 1. The fourth-order valence-corrected chi connectivity index (χ4v) is 6.92. The Balaban J connectivity index is 1.67. The van der Waals surface area contributed by atoms with Crippen LogP contribution in [-0.4, -0.2) is 10.7 Å². The number of halogens is 1. The molecule has 1 aliphatic carbocycles. The van der Waals surface area contributed by atoms with E-state index in [1.807, 2.05) is 33.8 Å². The van der Waals surface area contributed by atoms with E-state index in [1.165, 1.54) is 24.3 Å². The van der Waals surface area contributed by atoms with Crippen LogP contribution >= 0.6 is 11.8 Å². The molecule has 2 N–H and O–H groups in total. The molecule has 1 heterocycles. The predicted octanol–water partition coefficient (Wildman–Crippen LogP) is 7.58. The highest BCUT2D eigenvalue weighted by Gasteiger charge is 2.45. The molecule has 0 aromatic heterocycles. The smallest absolute Gasteiger partial charge is 0.271 e. The molecule has 2 aliphatic rings. The number of ketones is 1. The Kier molecular flexibility index (Phi) is 7.69. The normalized spacial score (nSPS) is 18.1. The molecular formula is C33H31FN4O3S. The lowest BCUT2D eigenvalue weighted by Crippen LogP contribution is -2.42. The zero-order chi connectivity index (χ0) is 30.3. The van der Waals surface area contributed by atoms with Crippen molar-refractivity contribution in [1.29, 1.82) is 5.26 Å². The van der Waals surface area contributed by atoms with E-state index in [-0.39, 0.29) is 34.1 Å². The topological polar surface area (TPSA) is 113 Å². The minimum Gasteiger partial charge on any atom is -0.384 e. The number of carbonyl (C=O) groups is 1. The standard InChI is InChI=1S/C33H31FN4O3S/c1-19-12-21(18-42-25-10-8-22(34)9-11-25)20(2)26(13-19)30-27(17-35)32(36)37(23-6-5-7-24(14-23)38(40)41)28-15-33(3,4)16-29(39)31(28)30/h5-14,30H,15-16,18,36H2,1-4H3. The predicted molar refractivity (Wildman–Crippen MR) is 162 cm³/mol. The van der Waals surface area contributed by atoms with Gasteiger partial charge in [0.1, 0.15) is 11.6 Å². The molecule has 0 fully saturated rings. The average molecular weight is 583 g/mol. The number of allylic oxidation sites excluding steroid dienone is 3. The molecule has 0 amide bonds. The fraction of sp³-hybridized carbons (Fsp3) is 0.273. The van der Waals surface area contributed by atoms with E-state index < -0.39 is 10.8 Å². The van der Waals surface area contributed by atoms with Gasteiger partial charge >= 0.3 is 0 Å². The van der Waals surface area contributed by atoms with E-state index in [9.17, 15) is 24.6 Å². The van der Waals surface area contributed by atoms with Crippen molar-refractivity contribution in [3.63, 3.8) is 0 Å². The lowest BCUT2D eigenvalue weighted by molar-refractivity contribution is -0.384. The van der Waals surface area contributed by atoms with Crippen LogP contribution in [0.3, 0.4) is 0 Å². The lowest BCUT2D eigenvalue weighted by Gasteiger charge is -2.44. The first-order valence-electron chi connectivity index (χ1n) is 13.6. The van der Waals surface area contributed by atoms with Gasteiger partial charge in [0.25, 0.3) is 5.69 Å². The number of anilines is 1. The highest BCUT2D eigenvalue weighted by atomic mass is 32.2. The van der Waals surface area contributed by atoms with Crippen molar-refractivity contribution in [3.05, 3.63) is 122 Å². The number of nitrogens with two attached hydrogens (primary N) is 1. The van der Waals surface area contributed by atoms with Gasteiger partial charge in [-0.15, -0.1) is 11.8 Å². The number of benzene rings is 3. The van der Waals surface area contributed by atoms with E-state index in [2.05, 4.69) is 12.1 Å². The quantitative estimate of drug-likeness (QED) is 0.181. The number of nitro groups is 1. The van der Waals surface area contributed by atoms with Gasteiger partial charge in [-0.25, -0.2) is 4.39 Å². The molecule has 7 nitrogen and oxygen atoms in total. The van der Waals surface area contributed by atoms with Crippen LogP contribution in [0.4, 0.5) is 15.8 Å². The molecule has 3 aromatic rings. The number of aryl methyl sites for hydroxylation is 1. The Hall–Kier alpha value is -4.42. The molecule has 0 bridgehead atoms. The molecule has 0 radical (unpaired) electrons. The monoisotopic (exact) mass is 582 g/mol. The highest BCUT2D eigenvalue weighted by Crippen LogP contribution is 2.51. The van der Waals surface area contributed by atoms with E-state index in [0.717, 1.165) is 27.1 Å². The van der Waals surface area contributed by atoms with E-state index in [0.29, 0.717) is 35.6 Å². The number of non-ortho nitro benzene ring substituents is 1. The number of hydrogen-bond donors (Lipinski definition) is 1. The minimum atomic E-state index is -0.669. The number of nitrogens with zero attached hydrogens (tertiary/aromatic N) is 3. The Morgan fingerprint density at radius 2 is 1.86 bits per heavy atom. The molecule has 1 atom stereocenters. The fourth-order valence-electron chi connectivity index (χ4n) is 5.97. The van der Waals surface area contributed by atoms with Gasteiger partial charge in [-0.05, 0) is 72.7 Å². The summed E-state index contributed by atoms with van der Waals surface area (Å²) in [7, 11) is 0. The third kappa shape index (κ3) is 5.42. The van der Waals surface area contributed by atoms with Gasteiger partial charge in [-0.3, -0.25) is 19.8 Å². The van der Waals surface area contributed by atoms with Crippen LogP contribution in [0.5, 0.6) is 0 Å². The van der Waals surface area contributed by atoms with Crippen molar-refractivity contribution in [1.82, 2.24) is 0 Å². The number of rotatable bonds is 6. The number of thioether (sulfide) groups is 1. The van der Waals surface area contributed by atoms with Crippen LogP contribution in [-0.2, 0) is 10.5 Å². The number of carbonyl (C=O) groups excluding carboxylic acids is 1. The van der Waals surface area contributed by atoms with Gasteiger partial charge in [-0.2, -0.15) is 5.26 Å². The van der Waals surface area contributed by atoms with Gasteiger partial charge in [0.05, 0.1) is 28.2 Å². The summed E-state index contributed by atoms with van der Waals surface area (Å²) < 4.78 is 13.4. The molecule has 0 spiro atoms. The van der Waals surface area contributed by atoms with Crippen molar-refractivity contribution in [2.45, 2.75) is 57.1 Å². The van der Waals surface area contributed by atoms with Crippen LogP contribution in [0.25, 0.3) is 0 Å². The summed E-state index contributed by atoms with van der Waals surface area (Å²) in [6.07, 6.45) is 0.812. The number of nitriles is 1. The van der Waals surface area contributed by atoms with Crippen molar-refractivity contribution in [2.75, 3.05) is 4.90 Å². The second-order valence-corrected chi connectivity index (χ2v) is 12.7. The van der Waals surface area contributed by atoms with Crippen molar-refractivity contribution in [3.8, 4) is 6.07 Å². The zero-order valence-corrected chi connectivity index (χ0v) is 24.7. The molecule has 0 saturated carbocycles. The number of nitro benzene ring substituents is 1. The van der Waals surface area contributed by atoms with Gasteiger partial charge in [-0.1, -0.05) is 37.6 Å². The third-order valence-corrected chi connectivity index (χ3v) is 8.96. The van der Waals surface area contributed by atoms with E-state index >= 15 is 0 Å². The SMILES string of the molecule is Cc1cc(CSc2ccc(F)cc2)c(C)c(C2C(C#N)=C(N)N(c3cccc([N+](=O)[O-])c3)C3=C2C(=O)CC(C)(C)C3)c1. The maximum absolute atomic E-state index is 14.0. The first-order valence-corrected chi connectivity index (χ1v) is 14.6. The van der Waals surface area contributed by atoms with Gasteiger partial charge in [0, 0.05) is 40.5 Å². The maximum Gasteiger partial charge on any atom is 0.271 e. The van der Waals surface area contributed by atoms with Crippen molar-refractivity contribution in [2.24, 2.45) is 11.1 Å². The molecule has 1 unspecified atom stereocenters. The summed E-state index contributed by atoms with van der Waals surface area (Å²) in [5.41, 5.74) is 11.9. The molecular weight excluding hydrogens is 551 g/mol. The summed E-state index contributed by atoms with van der Waals surface area (Å²) in [4.78, 5) is 27.7. The third-order valence-electron chi connectivity index (χ3n) is 7.90. The van der Waals surface area contributed by atoms with Crippen LogP contribution in [0.1, 0.15) is 54.9 Å². The molecule has 0 saturated heterocycles. The molecule has 3 aromatic carbocycles. The van der Waals surface area contributed by atoms with Gasteiger partial charge in [0.2, 0.25) is 0 Å². The molecule has 42 heavy (non-hydrogen) atoms. The van der Waals surface area contributed by atoms with Gasteiger partial charge in [0.15, 0.2) is 5.78 Å². The largest absolute Gasteiger partial charge is 0.384 e. The van der Waals surface area contributed by atoms with Gasteiger partial charge < -0.3 is 5.73 Å². The number of hydrogen-bond acceptors (Lipinski definition) is 7. The molecule has 9 heteroatoms. The van der Waals surface area contributed by atoms with Crippen molar-refractivity contribution >= 4 is 28.9 Å². The summed E-state index contributed by atoms with van der Waals surface area (Å²) in [6, 6.07) is 18.8. The average Bonchev–Trinajstić information content (AvgIpc) is 2.93. The van der Waals surface area contributed by atoms with Crippen LogP contribution in [0, 0.1) is 46.5 Å². The summed E-state index contributed by atoms with van der Waals surface area (Å²) in [5.74, 6) is -0.242. The molecule has 214 valence electrons. The first-order chi connectivity index (χ1) is 19.9. The Morgan fingerprint density at radius 3 is 2.52 bits per heavy atom. The maximum atomic E-state index is 14.0. The Labute approximate surface area is 248 Å². The molecule has 5 rings (SSSR count). The highest BCUT2D eigenvalue weighted by molar-refractivity contribution is 7.98. The first kappa shape index (κ1) is 29.1. The van der Waals surface area contributed by atoms with E-state index in [1.54, 1.807) is 40.9 Å². The van der Waals surface area contributed by atoms with E-state index in [4.69, 9.17) is 5.73 Å². The summed E-state index contributed by atoms with van der Waals surface area (Å²) in [6.45, 7) is 7.99. The van der Waals surface area contributed by atoms with Crippen molar-refractivity contribution < 1.29 is 14.1 Å². The van der Waals surface area contributed by atoms with Crippen LogP contribution in [0.15, 0.2) is 88.2 Å². The Morgan fingerprint density at radius 1 is 1.14 bits per heavy atom. The zero-order valence-electron chi connectivity index (χ0n) is 23.9. The molecule has 1 aliphatic heterocycles. The minimum absolute atomic E-state index is 0.0647.